The Morgan fingerprint density at radius 3 is 1.50 bits per heavy atom. The van der Waals surface area contributed by atoms with E-state index in [0.717, 1.165) is 0 Å². The first-order valence-electron chi connectivity index (χ1n) is 4.00. The molecule has 12 heavy (non-hydrogen) atoms. The van der Waals surface area contributed by atoms with Crippen LogP contribution in [0.15, 0.2) is 0 Å². The van der Waals surface area contributed by atoms with Crippen molar-refractivity contribution in [2.45, 2.75) is 38.0 Å². The van der Waals surface area contributed by atoms with Crippen molar-refractivity contribution in [3.05, 3.63) is 0 Å². The van der Waals surface area contributed by atoms with E-state index in [2.05, 4.69) is 22.8 Å². The Hall–Kier alpha value is -1.10. The van der Waals surface area contributed by atoms with Crippen LogP contribution in [-0.2, 0) is 0 Å². The summed E-state index contributed by atoms with van der Waals surface area (Å²) in [4.78, 5) is 0. The van der Waals surface area contributed by atoms with E-state index in [9.17, 15) is 0 Å². The maximum atomic E-state index is 8.69. The third kappa shape index (κ3) is 1.55. The molecule has 0 aromatic rings. The van der Waals surface area contributed by atoms with E-state index in [0.29, 0.717) is 0 Å². The van der Waals surface area contributed by atoms with Gasteiger partial charge in [0.2, 0.25) is 0 Å². The van der Waals surface area contributed by atoms with Crippen LogP contribution in [0.5, 0.6) is 0 Å². The molecule has 0 aliphatic carbocycles. The van der Waals surface area contributed by atoms with Gasteiger partial charge in [-0.3, -0.25) is 10.6 Å². The van der Waals surface area contributed by atoms with Crippen LogP contribution in [0, 0.1) is 22.7 Å². The van der Waals surface area contributed by atoms with Gasteiger partial charge >= 0.3 is 0 Å². The topological polar surface area (TPSA) is 71.6 Å². The Labute approximate surface area is 72.2 Å². The van der Waals surface area contributed by atoms with Gasteiger partial charge in [0.15, 0.2) is 0 Å². The highest BCUT2D eigenvalue weighted by atomic mass is 15.1. The van der Waals surface area contributed by atoms with Crippen molar-refractivity contribution < 1.29 is 0 Å². The monoisotopic (exact) mass is 164 g/mol. The molecule has 4 atom stereocenters. The van der Waals surface area contributed by atoms with E-state index in [4.69, 9.17) is 10.5 Å². The number of hydrogen-bond acceptors (Lipinski definition) is 4. The lowest BCUT2D eigenvalue weighted by atomic mass is 10.0. The zero-order valence-electron chi connectivity index (χ0n) is 7.20. The highest BCUT2D eigenvalue weighted by Gasteiger charge is 2.31. The van der Waals surface area contributed by atoms with Crippen molar-refractivity contribution in [3.63, 3.8) is 0 Å². The SMILES string of the molecule is CC1NC(C#N)C(C#N)NC1C. The summed E-state index contributed by atoms with van der Waals surface area (Å²) in [5, 5.41) is 23.5. The molecule has 0 bridgehead atoms. The van der Waals surface area contributed by atoms with Crippen LogP contribution >= 0.6 is 0 Å². The average Bonchev–Trinajstić information content (AvgIpc) is 2.09. The van der Waals surface area contributed by atoms with E-state index in [1.165, 1.54) is 0 Å². The van der Waals surface area contributed by atoms with Gasteiger partial charge in [-0.15, -0.1) is 0 Å². The molecule has 0 amide bonds. The molecule has 4 nitrogen and oxygen atoms in total. The lowest BCUT2D eigenvalue weighted by molar-refractivity contribution is 0.291. The number of piperazine rings is 1. The van der Waals surface area contributed by atoms with Gasteiger partial charge < -0.3 is 0 Å². The molecule has 1 fully saturated rings. The van der Waals surface area contributed by atoms with E-state index >= 15 is 0 Å². The lowest BCUT2D eigenvalue weighted by Gasteiger charge is -2.34. The zero-order valence-corrected chi connectivity index (χ0v) is 7.20. The summed E-state index contributed by atoms with van der Waals surface area (Å²) in [6, 6.07) is 3.81. The van der Waals surface area contributed by atoms with Gasteiger partial charge in [0.25, 0.3) is 0 Å². The zero-order chi connectivity index (χ0) is 9.14. The number of rotatable bonds is 0. The third-order valence-electron chi connectivity index (χ3n) is 2.25. The standard InChI is InChI=1S/C8H12N4/c1-5-6(2)12-8(4-10)7(3-9)11-5/h5-8,11-12H,1-2H3. The molecular formula is C8H12N4. The Morgan fingerprint density at radius 2 is 1.25 bits per heavy atom. The molecule has 1 heterocycles. The minimum Gasteiger partial charge on any atom is -0.296 e. The highest BCUT2D eigenvalue weighted by Crippen LogP contribution is 2.05. The van der Waals surface area contributed by atoms with E-state index in [1.54, 1.807) is 0 Å². The minimum absolute atomic E-state index is 0.235. The number of nitrogens with one attached hydrogen (secondary N) is 2. The molecule has 1 rings (SSSR count). The summed E-state index contributed by atoms with van der Waals surface area (Å²) in [6.07, 6.45) is 0. The van der Waals surface area contributed by atoms with Crippen LogP contribution < -0.4 is 10.6 Å². The first-order valence-corrected chi connectivity index (χ1v) is 4.00. The van der Waals surface area contributed by atoms with Gasteiger partial charge in [-0.1, -0.05) is 0 Å². The van der Waals surface area contributed by atoms with Crippen molar-refractivity contribution >= 4 is 0 Å². The Balaban J connectivity index is 2.68. The second kappa shape index (κ2) is 3.53. The molecule has 0 spiro atoms. The fraction of sp³-hybridized carbons (Fsp3) is 0.750. The summed E-state index contributed by atoms with van der Waals surface area (Å²) in [7, 11) is 0. The van der Waals surface area contributed by atoms with Crippen molar-refractivity contribution in [1.82, 2.24) is 10.6 Å². The maximum Gasteiger partial charge on any atom is 0.125 e. The van der Waals surface area contributed by atoms with Gasteiger partial charge in [0.05, 0.1) is 12.1 Å². The van der Waals surface area contributed by atoms with Crippen molar-refractivity contribution in [2.75, 3.05) is 0 Å². The molecule has 4 unspecified atom stereocenters. The predicted molar refractivity (Wildman–Crippen MR) is 44.0 cm³/mol. The summed E-state index contributed by atoms with van der Waals surface area (Å²) in [5.41, 5.74) is 0. The second-order valence-corrected chi connectivity index (χ2v) is 3.12. The van der Waals surface area contributed by atoms with Crippen LogP contribution in [0.25, 0.3) is 0 Å². The Kier molecular flexibility index (Phi) is 2.65. The van der Waals surface area contributed by atoms with Gasteiger partial charge in [-0.25, -0.2) is 0 Å². The first-order chi connectivity index (χ1) is 5.69. The van der Waals surface area contributed by atoms with Crippen molar-refractivity contribution in [1.29, 1.82) is 10.5 Å². The van der Waals surface area contributed by atoms with E-state index in [1.807, 2.05) is 13.8 Å². The van der Waals surface area contributed by atoms with E-state index in [-0.39, 0.29) is 24.2 Å². The third-order valence-corrected chi connectivity index (χ3v) is 2.25. The predicted octanol–water partition coefficient (Wildman–Crippen LogP) is -0.259. The van der Waals surface area contributed by atoms with Crippen LogP contribution in [0.4, 0.5) is 0 Å². The van der Waals surface area contributed by atoms with Crippen LogP contribution in [0.1, 0.15) is 13.8 Å². The molecule has 0 saturated carbocycles. The quantitative estimate of drug-likeness (QED) is 0.517. The molecular weight excluding hydrogens is 152 g/mol. The molecule has 0 aromatic carbocycles. The Bertz CT molecular complexity index is 210. The van der Waals surface area contributed by atoms with Crippen molar-refractivity contribution in [2.24, 2.45) is 0 Å². The normalized spacial score (nSPS) is 41.3. The number of hydrogen-bond donors (Lipinski definition) is 2. The minimum atomic E-state index is -0.388. The molecule has 4 heteroatoms. The molecule has 0 radical (unpaired) electrons. The lowest BCUT2D eigenvalue weighted by Crippen LogP contribution is -2.63. The van der Waals surface area contributed by atoms with Gasteiger partial charge in [-0.05, 0) is 13.8 Å². The van der Waals surface area contributed by atoms with Crippen LogP contribution in [0.3, 0.4) is 0 Å². The van der Waals surface area contributed by atoms with Gasteiger partial charge in [-0.2, -0.15) is 10.5 Å². The van der Waals surface area contributed by atoms with Crippen LogP contribution in [-0.4, -0.2) is 24.2 Å². The summed E-state index contributed by atoms with van der Waals surface area (Å²) in [6.45, 7) is 3.99. The number of nitriles is 2. The average molecular weight is 164 g/mol. The maximum absolute atomic E-state index is 8.69. The highest BCUT2D eigenvalue weighted by molar-refractivity contribution is 5.13. The molecule has 1 aliphatic heterocycles. The molecule has 1 aliphatic rings. The molecule has 2 N–H and O–H groups in total. The molecule has 64 valence electrons. The smallest absolute Gasteiger partial charge is 0.125 e. The summed E-state index contributed by atoms with van der Waals surface area (Å²) < 4.78 is 0. The second-order valence-electron chi connectivity index (χ2n) is 3.12. The Morgan fingerprint density at radius 1 is 0.917 bits per heavy atom. The van der Waals surface area contributed by atoms with Crippen molar-refractivity contribution in [3.8, 4) is 12.1 Å². The van der Waals surface area contributed by atoms with Crippen LogP contribution in [0.2, 0.25) is 0 Å². The van der Waals surface area contributed by atoms with Gasteiger partial charge in [0.1, 0.15) is 12.1 Å². The molecule has 1 saturated heterocycles. The van der Waals surface area contributed by atoms with Gasteiger partial charge in [0, 0.05) is 12.1 Å². The van der Waals surface area contributed by atoms with E-state index < -0.39 is 0 Å². The summed E-state index contributed by atoms with van der Waals surface area (Å²) >= 11 is 0. The fourth-order valence-corrected chi connectivity index (χ4v) is 1.27. The summed E-state index contributed by atoms with van der Waals surface area (Å²) in [5.74, 6) is 0. The number of nitrogens with zero attached hydrogens (tertiary/aromatic N) is 2. The molecule has 0 aromatic heterocycles. The first kappa shape index (κ1) is 8.99. The fourth-order valence-electron chi connectivity index (χ4n) is 1.27. The largest absolute Gasteiger partial charge is 0.296 e.